The Morgan fingerprint density at radius 3 is 2.59 bits per heavy atom. The van der Waals surface area contributed by atoms with Crippen molar-refractivity contribution in [1.82, 2.24) is 14.9 Å². The topological polar surface area (TPSA) is 143 Å². The number of carbonyl (C=O) groups excluding carboxylic acids is 1. The normalized spacial score (nSPS) is 29.5. The summed E-state index contributed by atoms with van der Waals surface area (Å²) in [6.07, 6.45) is 1.34. The highest BCUT2D eigenvalue weighted by Crippen LogP contribution is 2.49. The Balaban J connectivity index is 1.42. The number of fused-ring (bicyclic) bond motifs is 2. The van der Waals surface area contributed by atoms with E-state index in [1.807, 2.05) is 13.8 Å². The smallest absolute Gasteiger partial charge is 0.405 e. The third-order valence-electron chi connectivity index (χ3n) is 9.39. The molecule has 0 radical (unpaired) electrons. The van der Waals surface area contributed by atoms with Gasteiger partial charge in [0, 0.05) is 42.3 Å². The van der Waals surface area contributed by atoms with Gasteiger partial charge >= 0.3 is 6.09 Å². The first kappa shape index (κ1) is 34.8. The fraction of sp³-hybridized carbons (Fsp3) is 0.562. The molecule has 46 heavy (non-hydrogen) atoms. The summed E-state index contributed by atoms with van der Waals surface area (Å²) in [6, 6.07) is 7.05. The van der Waals surface area contributed by atoms with Crippen LogP contribution < -0.4 is 16.0 Å². The minimum Gasteiger partial charge on any atom is -0.465 e. The summed E-state index contributed by atoms with van der Waals surface area (Å²) in [5, 5.41) is 18.3. The SMILES string of the molecule is CC1CC([C@H](c2ccc(Cl)c(F)c2)[C@@H](NC(=O)O)C(=O)Nc2cccc(F)c2CCC2CNC3CCCS(O)(O)N2C3)CC(C)O1. The molecule has 5 rings (SSSR count). The second kappa shape index (κ2) is 14.7. The summed E-state index contributed by atoms with van der Waals surface area (Å²) in [6.45, 7) is 4.80. The van der Waals surface area contributed by atoms with Gasteiger partial charge in [0.1, 0.15) is 17.7 Å². The zero-order chi connectivity index (χ0) is 33.2. The lowest BCUT2D eigenvalue weighted by Gasteiger charge is -2.49. The van der Waals surface area contributed by atoms with Gasteiger partial charge in [-0.1, -0.05) is 23.7 Å². The predicted molar refractivity (Wildman–Crippen MR) is 174 cm³/mol. The standard InChI is InChI=1S/C32H43ClF2N4O6S/c1-18-13-21(14-19(2)45-18)29(20-8-11-25(33)27(35)15-20)30(38-32(41)42)31(40)37-28-7-3-6-26(34)24(28)10-9-23-16-36-22-5-4-12-46(43,44)39(23)17-22/h3,6-8,11,15,18-19,21-23,29-30,36,38,43-44H,4-5,9-10,12-14,16-17H2,1-2H3,(H,37,40)(H,41,42)/t18?,19?,21?,22?,23?,29-,30+/m0/s1. The summed E-state index contributed by atoms with van der Waals surface area (Å²) in [4.78, 5) is 26.1. The molecule has 3 aliphatic rings. The Labute approximate surface area is 274 Å². The van der Waals surface area contributed by atoms with Gasteiger partial charge in [-0.25, -0.2) is 17.9 Å². The van der Waals surface area contributed by atoms with Crippen molar-refractivity contribution in [3.05, 3.63) is 64.2 Å². The Bertz CT molecular complexity index is 1410. The van der Waals surface area contributed by atoms with E-state index in [1.54, 1.807) is 16.4 Å². The van der Waals surface area contributed by atoms with Gasteiger partial charge in [0.25, 0.3) is 0 Å². The number of nitrogens with zero attached hydrogens (tertiary/aromatic N) is 1. The number of hydrogen-bond donors (Lipinski definition) is 6. The average Bonchev–Trinajstić information content (AvgIpc) is 3.09. The number of ether oxygens (including phenoxy) is 1. The monoisotopic (exact) mass is 684 g/mol. The summed E-state index contributed by atoms with van der Waals surface area (Å²) in [7, 11) is -2.95. The van der Waals surface area contributed by atoms with E-state index in [-0.39, 0.29) is 52.9 Å². The Hall–Kier alpha value is -2.52. The van der Waals surface area contributed by atoms with Crippen molar-refractivity contribution in [3.63, 3.8) is 0 Å². The molecule has 2 aromatic carbocycles. The van der Waals surface area contributed by atoms with Crippen LogP contribution >= 0.6 is 22.4 Å². The molecule has 0 spiro atoms. The second-order valence-electron chi connectivity index (χ2n) is 12.7. The highest BCUT2D eigenvalue weighted by molar-refractivity contribution is 8.22. The van der Waals surface area contributed by atoms with Gasteiger partial charge in [-0.05, 0) is 88.1 Å². The molecule has 3 fully saturated rings. The number of nitrogens with one attached hydrogen (secondary N) is 3. The number of carboxylic acid groups (broad SMARTS) is 1. The van der Waals surface area contributed by atoms with E-state index in [1.165, 1.54) is 24.3 Å². The molecular formula is C32H43ClF2N4O6S. The molecular weight excluding hydrogens is 642 g/mol. The van der Waals surface area contributed by atoms with Crippen LogP contribution in [0, 0.1) is 17.6 Å². The molecule has 3 saturated heterocycles. The average molecular weight is 685 g/mol. The number of rotatable bonds is 9. The van der Waals surface area contributed by atoms with E-state index in [9.17, 15) is 28.2 Å². The molecule has 7 atom stereocenters. The largest absolute Gasteiger partial charge is 0.465 e. The molecule has 0 aromatic heterocycles. The number of hydrogen-bond acceptors (Lipinski definition) is 7. The minimum atomic E-state index is -2.95. The van der Waals surface area contributed by atoms with E-state index in [2.05, 4.69) is 16.0 Å². The highest BCUT2D eigenvalue weighted by atomic mass is 35.5. The van der Waals surface area contributed by atoms with Crippen molar-refractivity contribution in [2.45, 2.75) is 88.6 Å². The molecule has 254 valence electrons. The molecule has 0 aliphatic carbocycles. The molecule has 14 heteroatoms. The van der Waals surface area contributed by atoms with E-state index >= 15 is 4.39 Å². The first-order valence-corrected chi connectivity index (χ1v) is 17.8. The maximum absolute atomic E-state index is 15.4. The Morgan fingerprint density at radius 2 is 1.89 bits per heavy atom. The first-order valence-electron chi connectivity index (χ1n) is 15.8. The summed E-state index contributed by atoms with van der Waals surface area (Å²) in [5.74, 6) is -2.71. The first-order chi connectivity index (χ1) is 21.8. The lowest BCUT2D eigenvalue weighted by molar-refractivity contribution is -0.120. The van der Waals surface area contributed by atoms with Crippen molar-refractivity contribution >= 4 is 40.1 Å². The third kappa shape index (κ3) is 8.12. The number of halogens is 3. The quantitative estimate of drug-likeness (QED) is 0.183. The summed E-state index contributed by atoms with van der Waals surface area (Å²) < 4.78 is 59.4. The lowest BCUT2D eigenvalue weighted by atomic mass is 9.74. The van der Waals surface area contributed by atoms with Crippen LogP contribution in [0.4, 0.5) is 19.3 Å². The van der Waals surface area contributed by atoms with E-state index in [0.717, 1.165) is 6.42 Å². The van der Waals surface area contributed by atoms with Crippen molar-refractivity contribution in [3.8, 4) is 0 Å². The van der Waals surface area contributed by atoms with Gasteiger partial charge in [-0.15, -0.1) is 10.8 Å². The van der Waals surface area contributed by atoms with Gasteiger partial charge in [0.2, 0.25) is 5.91 Å². The van der Waals surface area contributed by atoms with Crippen LogP contribution in [-0.2, 0) is 16.0 Å². The van der Waals surface area contributed by atoms with Crippen LogP contribution in [-0.4, -0.2) is 79.7 Å². The fourth-order valence-electron chi connectivity index (χ4n) is 7.38. The molecule has 0 saturated carbocycles. The third-order valence-corrected chi connectivity index (χ3v) is 11.7. The van der Waals surface area contributed by atoms with Crippen molar-refractivity contribution < 1.29 is 37.3 Å². The molecule has 2 bridgehead atoms. The van der Waals surface area contributed by atoms with Crippen LogP contribution in [0.2, 0.25) is 5.02 Å². The predicted octanol–water partition coefficient (Wildman–Crippen LogP) is 6.21. The molecule has 6 N–H and O–H groups in total. The molecule has 5 unspecified atom stereocenters. The second-order valence-corrected chi connectivity index (χ2v) is 15.3. The van der Waals surface area contributed by atoms with Crippen LogP contribution in [0.5, 0.6) is 0 Å². The van der Waals surface area contributed by atoms with Gasteiger partial charge in [-0.2, -0.15) is 0 Å². The van der Waals surface area contributed by atoms with E-state index in [4.69, 9.17) is 16.3 Å². The van der Waals surface area contributed by atoms with E-state index < -0.39 is 46.4 Å². The van der Waals surface area contributed by atoms with Gasteiger partial charge < -0.3 is 25.8 Å². The summed E-state index contributed by atoms with van der Waals surface area (Å²) >= 11 is 5.97. The van der Waals surface area contributed by atoms with Crippen LogP contribution in [0.15, 0.2) is 36.4 Å². The Morgan fingerprint density at radius 1 is 1.15 bits per heavy atom. The molecule has 10 nitrogen and oxygen atoms in total. The number of benzene rings is 2. The minimum absolute atomic E-state index is 0.0992. The zero-order valence-electron chi connectivity index (χ0n) is 25.9. The lowest BCUT2D eigenvalue weighted by Crippen LogP contribution is -2.55. The number of amides is 2. The summed E-state index contributed by atoms with van der Waals surface area (Å²) in [5.41, 5.74) is 0.808. The van der Waals surface area contributed by atoms with Crippen molar-refractivity contribution in [1.29, 1.82) is 0 Å². The van der Waals surface area contributed by atoms with Gasteiger partial charge in [0.15, 0.2) is 0 Å². The van der Waals surface area contributed by atoms with Crippen LogP contribution in [0.25, 0.3) is 0 Å². The Kier molecular flexibility index (Phi) is 11.1. The van der Waals surface area contributed by atoms with Crippen molar-refractivity contribution in [2.75, 3.05) is 24.2 Å². The van der Waals surface area contributed by atoms with E-state index in [0.29, 0.717) is 50.1 Å². The van der Waals surface area contributed by atoms with Crippen LogP contribution in [0.1, 0.15) is 63.0 Å². The van der Waals surface area contributed by atoms with Crippen LogP contribution in [0.3, 0.4) is 0 Å². The van der Waals surface area contributed by atoms with Crippen molar-refractivity contribution in [2.24, 2.45) is 5.92 Å². The maximum atomic E-state index is 15.4. The molecule has 3 heterocycles. The highest BCUT2D eigenvalue weighted by Gasteiger charge is 2.41. The fourth-order valence-corrected chi connectivity index (χ4v) is 9.36. The van der Waals surface area contributed by atoms with Gasteiger partial charge in [0.05, 0.1) is 23.0 Å². The maximum Gasteiger partial charge on any atom is 0.405 e. The zero-order valence-corrected chi connectivity index (χ0v) is 27.5. The molecule has 2 aromatic rings. The number of piperazine rings is 1. The number of anilines is 1. The number of carbonyl (C=O) groups is 2. The van der Waals surface area contributed by atoms with Gasteiger partial charge in [-0.3, -0.25) is 13.9 Å². The molecule has 2 amide bonds. The molecule has 3 aliphatic heterocycles.